The van der Waals surface area contributed by atoms with Gasteiger partial charge in [0.05, 0.1) is 25.5 Å². The average molecular weight is 430 g/mol. The molecule has 6 heteroatoms. The molecule has 4 rings (SSSR count). The van der Waals surface area contributed by atoms with Gasteiger partial charge >= 0.3 is 0 Å². The topological polar surface area (TPSA) is 48.0 Å². The number of aryl methyl sites for hydroxylation is 1. The van der Waals surface area contributed by atoms with E-state index >= 15 is 0 Å². The van der Waals surface area contributed by atoms with Gasteiger partial charge < -0.3 is 19.1 Å². The third kappa shape index (κ3) is 3.82. The number of anilines is 1. The van der Waals surface area contributed by atoms with E-state index in [9.17, 15) is 4.79 Å². The van der Waals surface area contributed by atoms with Gasteiger partial charge in [-0.25, -0.2) is 0 Å². The number of hydrogen-bond acceptors (Lipinski definition) is 4. The third-order valence-electron chi connectivity index (χ3n) is 5.60. The number of hydrogen-bond donors (Lipinski definition) is 0. The van der Waals surface area contributed by atoms with Crippen LogP contribution in [0.4, 0.5) is 5.69 Å². The van der Waals surface area contributed by atoms with Crippen LogP contribution < -0.4 is 9.64 Å². The van der Waals surface area contributed by atoms with E-state index in [-0.39, 0.29) is 5.91 Å². The van der Waals surface area contributed by atoms with Crippen LogP contribution in [-0.2, 0) is 20.1 Å². The molecule has 0 aliphatic carbocycles. The zero-order valence-corrected chi connectivity index (χ0v) is 18.5. The second kappa shape index (κ2) is 8.58. The summed E-state index contributed by atoms with van der Waals surface area (Å²) >= 11 is 6.21. The highest BCUT2D eigenvalue weighted by Crippen LogP contribution is 2.46. The monoisotopic (exact) mass is 429 g/mol. The maximum atomic E-state index is 13.3. The molecular formula is C24H28ClNO4. The Morgan fingerprint density at radius 1 is 1.17 bits per heavy atom. The second-order valence-corrected chi connectivity index (χ2v) is 8.62. The molecule has 160 valence electrons. The first-order valence-corrected chi connectivity index (χ1v) is 10.9. The molecule has 2 aromatic rings. The number of rotatable bonds is 6. The van der Waals surface area contributed by atoms with Crippen molar-refractivity contribution in [1.82, 2.24) is 0 Å². The molecule has 0 N–H and O–H groups in total. The molecule has 0 atom stereocenters. The van der Waals surface area contributed by atoms with Crippen LogP contribution in [0.3, 0.4) is 0 Å². The molecule has 1 spiro atoms. The standard InChI is InChI=1S/C24H28ClNO4/c1-16(2)19-8-6-17(3)14-22(19)28-11-4-10-26-21-9-7-18(25)15-20(21)24(23(26)27)29-12-5-13-30-24/h6-9,14-16H,4-5,10-13H2,1-3H3. The van der Waals surface area contributed by atoms with Crippen LogP contribution in [0.5, 0.6) is 5.75 Å². The predicted octanol–water partition coefficient (Wildman–Crippen LogP) is 5.18. The van der Waals surface area contributed by atoms with Gasteiger partial charge in [-0.2, -0.15) is 0 Å². The first-order chi connectivity index (χ1) is 14.4. The minimum Gasteiger partial charge on any atom is -0.493 e. The SMILES string of the molecule is Cc1ccc(C(C)C)c(OCCCN2C(=O)C3(OCCCO3)c3cc(Cl)ccc32)c1. The van der Waals surface area contributed by atoms with Crippen LogP contribution in [0.2, 0.25) is 5.02 Å². The van der Waals surface area contributed by atoms with Crippen molar-refractivity contribution in [3.63, 3.8) is 0 Å². The summed E-state index contributed by atoms with van der Waals surface area (Å²) in [7, 11) is 0. The molecule has 1 amide bonds. The van der Waals surface area contributed by atoms with Crippen LogP contribution in [-0.4, -0.2) is 32.3 Å². The Kier molecular flexibility index (Phi) is 6.05. The van der Waals surface area contributed by atoms with Crippen molar-refractivity contribution in [2.24, 2.45) is 0 Å². The molecule has 5 nitrogen and oxygen atoms in total. The van der Waals surface area contributed by atoms with Gasteiger partial charge in [0.2, 0.25) is 0 Å². The van der Waals surface area contributed by atoms with Gasteiger partial charge in [0, 0.05) is 17.1 Å². The summed E-state index contributed by atoms with van der Waals surface area (Å²) in [5.74, 6) is -0.239. The summed E-state index contributed by atoms with van der Waals surface area (Å²) in [6.45, 7) is 8.39. The van der Waals surface area contributed by atoms with Crippen LogP contribution in [0, 0.1) is 6.92 Å². The number of benzene rings is 2. The first-order valence-electron chi connectivity index (χ1n) is 10.6. The van der Waals surface area contributed by atoms with Crippen molar-refractivity contribution in [1.29, 1.82) is 0 Å². The molecule has 30 heavy (non-hydrogen) atoms. The van der Waals surface area contributed by atoms with E-state index in [1.54, 1.807) is 17.0 Å². The van der Waals surface area contributed by atoms with E-state index in [4.69, 9.17) is 25.8 Å². The number of carbonyl (C=O) groups excluding carboxylic acids is 1. The summed E-state index contributed by atoms with van der Waals surface area (Å²) in [4.78, 5) is 15.0. The average Bonchev–Trinajstić information content (AvgIpc) is 2.93. The minimum atomic E-state index is -1.36. The molecule has 2 aromatic carbocycles. The highest BCUT2D eigenvalue weighted by molar-refractivity contribution is 6.31. The van der Waals surface area contributed by atoms with Crippen LogP contribution in [0.1, 0.15) is 49.3 Å². The first kappa shape index (κ1) is 21.2. The number of carbonyl (C=O) groups is 1. The van der Waals surface area contributed by atoms with Gasteiger partial charge in [0.15, 0.2) is 0 Å². The lowest BCUT2D eigenvalue weighted by Gasteiger charge is -2.32. The molecule has 1 fully saturated rings. The fraction of sp³-hybridized carbons (Fsp3) is 0.458. The maximum Gasteiger partial charge on any atom is 0.292 e. The second-order valence-electron chi connectivity index (χ2n) is 8.18. The Labute approximate surface area is 182 Å². The number of amides is 1. The Hall–Kier alpha value is -2.08. The van der Waals surface area contributed by atoms with Gasteiger partial charge in [-0.1, -0.05) is 37.6 Å². The molecule has 0 radical (unpaired) electrons. The molecule has 2 heterocycles. The zero-order chi connectivity index (χ0) is 21.3. The maximum absolute atomic E-state index is 13.3. The largest absolute Gasteiger partial charge is 0.493 e. The van der Waals surface area contributed by atoms with Crippen LogP contribution >= 0.6 is 11.6 Å². The molecule has 0 aromatic heterocycles. The minimum absolute atomic E-state index is 0.183. The number of fused-ring (bicyclic) bond motifs is 2. The lowest BCUT2D eigenvalue weighted by atomic mass is 10.0. The van der Waals surface area contributed by atoms with Crippen molar-refractivity contribution < 1.29 is 19.0 Å². The van der Waals surface area contributed by atoms with Gasteiger partial charge in [-0.15, -0.1) is 0 Å². The Morgan fingerprint density at radius 3 is 2.67 bits per heavy atom. The van der Waals surface area contributed by atoms with E-state index in [2.05, 4.69) is 39.0 Å². The third-order valence-corrected chi connectivity index (χ3v) is 5.84. The van der Waals surface area contributed by atoms with Crippen molar-refractivity contribution in [2.75, 3.05) is 31.3 Å². The molecule has 0 bridgehead atoms. The quantitative estimate of drug-likeness (QED) is 0.594. The Bertz CT molecular complexity index is 937. The smallest absolute Gasteiger partial charge is 0.292 e. The van der Waals surface area contributed by atoms with Crippen molar-refractivity contribution >= 4 is 23.2 Å². The van der Waals surface area contributed by atoms with Crippen LogP contribution in [0.15, 0.2) is 36.4 Å². The highest BCUT2D eigenvalue weighted by Gasteiger charge is 2.54. The fourth-order valence-corrected chi connectivity index (χ4v) is 4.26. The van der Waals surface area contributed by atoms with E-state index in [1.807, 2.05) is 6.07 Å². The molecular weight excluding hydrogens is 402 g/mol. The molecule has 0 unspecified atom stereocenters. The van der Waals surface area contributed by atoms with E-state index in [0.717, 1.165) is 17.9 Å². The number of ether oxygens (including phenoxy) is 3. The molecule has 1 saturated heterocycles. The highest BCUT2D eigenvalue weighted by atomic mass is 35.5. The van der Waals surface area contributed by atoms with Crippen molar-refractivity contribution in [3.05, 3.63) is 58.1 Å². The summed E-state index contributed by atoms with van der Waals surface area (Å²) < 4.78 is 17.9. The normalized spacial score (nSPS) is 17.6. The van der Waals surface area contributed by atoms with Gasteiger partial charge in [0.1, 0.15) is 5.75 Å². The summed E-state index contributed by atoms with van der Waals surface area (Å²) in [5, 5.41) is 0.560. The molecule has 2 aliphatic heterocycles. The Balaban J connectivity index is 1.47. The number of halogens is 1. The fourth-order valence-electron chi connectivity index (χ4n) is 4.09. The summed E-state index contributed by atoms with van der Waals surface area (Å²) in [5.41, 5.74) is 3.86. The predicted molar refractivity (Wildman–Crippen MR) is 117 cm³/mol. The number of nitrogens with zero attached hydrogens (tertiary/aromatic N) is 1. The van der Waals surface area contributed by atoms with Gasteiger partial charge in [-0.05, 0) is 61.1 Å². The van der Waals surface area contributed by atoms with Gasteiger partial charge in [0.25, 0.3) is 11.7 Å². The van der Waals surface area contributed by atoms with Crippen molar-refractivity contribution in [2.45, 2.75) is 45.3 Å². The van der Waals surface area contributed by atoms with Crippen molar-refractivity contribution in [3.8, 4) is 5.75 Å². The van der Waals surface area contributed by atoms with Gasteiger partial charge in [-0.3, -0.25) is 4.79 Å². The van der Waals surface area contributed by atoms with Crippen LogP contribution in [0.25, 0.3) is 0 Å². The molecule has 2 aliphatic rings. The van der Waals surface area contributed by atoms with E-state index < -0.39 is 5.79 Å². The molecule has 0 saturated carbocycles. The van der Waals surface area contributed by atoms with E-state index in [1.165, 1.54) is 11.1 Å². The van der Waals surface area contributed by atoms with E-state index in [0.29, 0.717) is 49.3 Å². The Morgan fingerprint density at radius 2 is 1.93 bits per heavy atom. The lowest BCUT2D eigenvalue weighted by molar-refractivity contribution is -0.256. The zero-order valence-electron chi connectivity index (χ0n) is 17.7. The summed E-state index contributed by atoms with van der Waals surface area (Å²) in [6, 6.07) is 11.7. The lowest BCUT2D eigenvalue weighted by Crippen LogP contribution is -2.47. The summed E-state index contributed by atoms with van der Waals surface area (Å²) in [6.07, 6.45) is 1.46.